The lowest BCUT2D eigenvalue weighted by Crippen LogP contribution is -2.52. The van der Waals surface area contributed by atoms with Crippen molar-refractivity contribution < 1.29 is 23.9 Å². The molecule has 8 nitrogen and oxygen atoms in total. The molecule has 22 heavy (non-hydrogen) atoms. The number of ether oxygens (including phenoxy) is 1. The van der Waals surface area contributed by atoms with Crippen LogP contribution in [0.5, 0.6) is 0 Å². The Morgan fingerprint density at radius 1 is 1.36 bits per heavy atom. The number of hydrazine groups is 1. The molecule has 2 aliphatic rings. The van der Waals surface area contributed by atoms with E-state index in [1.807, 2.05) is 0 Å². The lowest BCUT2D eigenvalue weighted by molar-refractivity contribution is -0.150. The van der Waals surface area contributed by atoms with E-state index < -0.39 is 36.0 Å². The second-order valence-corrected chi connectivity index (χ2v) is 5.88. The Kier molecular flexibility index (Phi) is 4.68. The number of esters is 1. The van der Waals surface area contributed by atoms with Gasteiger partial charge in [0.2, 0.25) is 0 Å². The van der Waals surface area contributed by atoms with Crippen molar-refractivity contribution in [3.8, 4) is 0 Å². The van der Waals surface area contributed by atoms with E-state index in [1.165, 1.54) is 0 Å². The zero-order valence-electron chi connectivity index (χ0n) is 12.8. The smallest absolute Gasteiger partial charge is 0.344 e. The molecule has 0 aromatic carbocycles. The topological polar surface area (TPSA) is 105 Å². The summed E-state index contributed by atoms with van der Waals surface area (Å²) >= 11 is 0. The summed E-state index contributed by atoms with van der Waals surface area (Å²) in [6.45, 7) is 3.19. The van der Waals surface area contributed by atoms with Gasteiger partial charge in [0.1, 0.15) is 5.54 Å². The fraction of sp³-hybridized carbons (Fsp3) is 0.714. The van der Waals surface area contributed by atoms with E-state index in [0.29, 0.717) is 23.8 Å². The highest BCUT2D eigenvalue weighted by molar-refractivity contribution is 6.08. The van der Waals surface area contributed by atoms with E-state index in [1.54, 1.807) is 6.92 Å². The highest BCUT2D eigenvalue weighted by Gasteiger charge is 2.52. The minimum Gasteiger partial charge on any atom is -0.456 e. The van der Waals surface area contributed by atoms with Crippen molar-refractivity contribution in [1.29, 1.82) is 0 Å². The number of imide groups is 1. The number of hydrogen-bond donors (Lipinski definition) is 2. The van der Waals surface area contributed by atoms with Gasteiger partial charge in [0, 0.05) is 6.42 Å². The third-order valence-electron chi connectivity index (χ3n) is 4.18. The second kappa shape index (κ2) is 6.33. The summed E-state index contributed by atoms with van der Waals surface area (Å²) < 4.78 is 4.66. The minimum atomic E-state index is -0.906. The van der Waals surface area contributed by atoms with Crippen LogP contribution in [0.2, 0.25) is 0 Å². The minimum absolute atomic E-state index is 0.151. The van der Waals surface area contributed by atoms with Crippen LogP contribution in [0.3, 0.4) is 0 Å². The largest absolute Gasteiger partial charge is 0.456 e. The van der Waals surface area contributed by atoms with Crippen molar-refractivity contribution in [1.82, 2.24) is 15.8 Å². The van der Waals surface area contributed by atoms with Crippen molar-refractivity contribution in [3.63, 3.8) is 0 Å². The van der Waals surface area contributed by atoms with Crippen LogP contribution in [0.15, 0.2) is 0 Å². The summed E-state index contributed by atoms with van der Waals surface area (Å²) in [4.78, 5) is 47.1. The van der Waals surface area contributed by atoms with Gasteiger partial charge in [-0.3, -0.25) is 19.8 Å². The molecule has 0 unspecified atom stereocenters. The van der Waals surface area contributed by atoms with Crippen LogP contribution in [0.4, 0.5) is 4.79 Å². The summed E-state index contributed by atoms with van der Waals surface area (Å²) in [5, 5.41) is 3.38. The summed E-state index contributed by atoms with van der Waals surface area (Å²) in [6.07, 6.45) is 2.98. The normalized spacial score (nSPS) is 27.7. The lowest BCUT2D eigenvalue weighted by atomic mass is 9.77. The zero-order chi connectivity index (χ0) is 16.3. The maximum Gasteiger partial charge on any atom is 0.344 e. The Morgan fingerprint density at radius 2 is 2.00 bits per heavy atom. The Morgan fingerprint density at radius 3 is 2.59 bits per heavy atom. The van der Waals surface area contributed by atoms with Gasteiger partial charge < -0.3 is 10.1 Å². The summed E-state index contributed by atoms with van der Waals surface area (Å²) in [6, 6.07) is -0.644. The van der Waals surface area contributed by atoms with Gasteiger partial charge in [-0.2, -0.15) is 5.01 Å². The van der Waals surface area contributed by atoms with Gasteiger partial charge in [0.15, 0.2) is 6.61 Å². The van der Waals surface area contributed by atoms with Crippen molar-refractivity contribution in [3.05, 3.63) is 0 Å². The molecule has 1 aliphatic carbocycles. The summed E-state index contributed by atoms with van der Waals surface area (Å²) in [7, 11) is 0. The molecule has 2 N–H and O–H groups in total. The molecule has 4 amide bonds. The molecule has 1 spiro atoms. The van der Waals surface area contributed by atoms with Gasteiger partial charge >= 0.3 is 12.0 Å². The molecule has 122 valence electrons. The molecule has 1 saturated heterocycles. The monoisotopic (exact) mass is 311 g/mol. The van der Waals surface area contributed by atoms with E-state index in [0.717, 1.165) is 12.8 Å². The Balaban J connectivity index is 1.95. The molecule has 2 rings (SSSR count). The molecular weight excluding hydrogens is 290 g/mol. The SMILES string of the molecule is CCC(=O)OCC(=O)NN1C(=O)NC2(CCC(C)CC2)C1=O. The van der Waals surface area contributed by atoms with E-state index in [9.17, 15) is 19.2 Å². The van der Waals surface area contributed by atoms with E-state index in [-0.39, 0.29) is 6.42 Å². The number of nitrogens with one attached hydrogen (secondary N) is 2. The first-order chi connectivity index (χ1) is 10.4. The van der Waals surface area contributed by atoms with Gasteiger partial charge in [-0.25, -0.2) is 4.79 Å². The third-order valence-corrected chi connectivity index (χ3v) is 4.18. The van der Waals surface area contributed by atoms with Crippen molar-refractivity contribution in [2.45, 2.75) is 51.5 Å². The first-order valence-corrected chi connectivity index (χ1v) is 7.50. The van der Waals surface area contributed by atoms with E-state index in [4.69, 9.17) is 0 Å². The number of urea groups is 1. The third kappa shape index (κ3) is 3.20. The summed E-state index contributed by atoms with van der Waals surface area (Å²) in [5.74, 6) is -1.16. The molecule has 1 saturated carbocycles. The van der Waals surface area contributed by atoms with E-state index >= 15 is 0 Å². The quantitative estimate of drug-likeness (QED) is 0.580. The lowest BCUT2D eigenvalue weighted by Gasteiger charge is -2.33. The van der Waals surface area contributed by atoms with Crippen LogP contribution in [0.25, 0.3) is 0 Å². The number of rotatable bonds is 4. The van der Waals surface area contributed by atoms with Crippen LogP contribution in [0.1, 0.15) is 46.0 Å². The van der Waals surface area contributed by atoms with Crippen molar-refractivity contribution >= 4 is 23.8 Å². The highest BCUT2D eigenvalue weighted by atomic mass is 16.5. The van der Waals surface area contributed by atoms with Gasteiger partial charge in [-0.1, -0.05) is 13.8 Å². The van der Waals surface area contributed by atoms with Gasteiger partial charge in [0.25, 0.3) is 11.8 Å². The number of amides is 4. The molecule has 0 atom stereocenters. The molecule has 1 aliphatic heterocycles. The predicted octanol–water partition coefficient (Wildman–Crippen LogP) is 0.471. The van der Waals surface area contributed by atoms with Crippen LogP contribution >= 0.6 is 0 Å². The predicted molar refractivity (Wildman–Crippen MR) is 75.1 cm³/mol. The zero-order valence-corrected chi connectivity index (χ0v) is 12.8. The van der Waals surface area contributed by atoms with Crippen molar-refractivity contribution in [2.24, 2.45) is 5.92 Å². The van der Waals surface area contributed by atoms with Crippen molar-refractivity contribution in [2.75, 3.05) is 6.61 Å². The Labute approximate surface area is 128 Å². The van der Waals surface area contributed by atoms with Crippen LogP contribution in [0, 0.1) is 5.92 Å². The number of carbonyl (C=O) groups excluding carboxylic acids is 4. The van der Waals surface area contributed by atoms with Gasteiger partial charge in [-0.15, -0.1) is 0 Å². The first-order valence-electron chi connectivity index (χ1n) is 7.50. The fourth-order valence-electron chi connectivity index (χ4n) is 2.72. The fourth-order valence-corrected chi connectivity index (χ4v) is 2.72. The summed E-state index contributed by atoms with van der Waals surface area (Å²) in [5.41, 5.74) is 1.29. The standard InChI is InChI=1S/C14H21N3O5/c1-3-11(19)22-8-10(18)16-17-12(20)14(15-13(17)21)6-4-9(2)5-7-14/h9H,3-8H2,1-2H3,(H,15,21)(H,16,18). The highest BCUT2D eigenvalue weighted by Crippen LogP contribution is 2.35. The molecule has 1 heterocycles. The Hall–Kier alpha value is -2.12. The van der Waals surface area contributed by atoms with Gasteiger partial charge in [0.05, 0.1) is 0 Å². The number of hydrogen-bond acceptors (Lipinski definition) is 5. The molecular formula is C14H21N3O5. The Bertz CT molecular complexity index is 497. The average Bonchev–Trinajstić information content (AvgIpc) is 2.72. The molecule has 0 aromatic rings. The molecule has 0 bridgehead atoms. The van der Waals surface area contributed by atoms with E-state index in [2.05, 4.69) is 22.4 Å². The molecule has 2 fully saturated rings. The maximum atomic E-state index is 12.4. The van der Waals surface area contributed by atoms with Gasteiger partial charge in [-0.05, 0) is 31.6 Å². The number of carbonyl (C=O) groups is 4. The number of nitrogens with zero attached hydrogens (tertiary/aromatic N) is 1. The second-order valence-electron chi connectivity index (χ2n) is 5.88. The van der Waals surface area contributed by atoms with Crippen LogP contribution in [-0.4, -0.2) is 41.0 Å². The molecule has 0 radical (unpaired) electrons. The van der Waals surface area contributed by atoms with Crippen LogP contribution in [-0.2, 0) is 19.1 Å². The molecule has 8 heteroatoms. The average molecular weight is 311 g/mol. The maximum absolute atomic E-state index is 12.4. The first kappa shape index (κ1) is 16.3. The molecule has 0 aromatic heterocycles. The van der Waals surface area contributed by atoms with Crippen LogP contribution < -0.4 is 10.7 Å².